The second-order valence-electron chi connectivity index (χ2n) is 6.10. The minimum absolute atomic E-state index is 0.0472. The van der Waals surface area contributed by atoms with Gasteiger partial charge in [0, 0.05) is 18.1 Å². The molecule has 8 heteroatoms. The van der Waals surface area contributed by atoms with Gasteiger partial charge in [-0.3, -0.25) is 20.4 Å². The standard InChI is InChI=1S/C20H16N4O4/c25-19(15-11-17(27-23-15)13-7-3-1-4-8-13)21-22-20(26)16-12-18(28-24-16)14-9-5-2-6-10-14/h1-11,18H,12H2,(H,21,25)(H,22,26). The topological polar surface area (TPSA) is 106 Å². The first kappa shape index (κ1) is 17.5. The van der Waals surface area contributed by atoms with E-state index in [-0.39, 0.29) is 17.5 Å². The molecule has 0 spiro atoms. The molecule has 2 amide bonds. The van der Waals surface area contributed by atoms with Gasteiger partial charge in [-0.2, -0.15) is 0 Å². The average molecular weight is 376 g/mol. The van der Waals surface area contributed by atoms with E-state index < -0.39 is 11.8 Å². The van der Waals surface area contributed by atoms with Crippen LogP contribution in [0.1, 0.15) is 28.6 Å². The molecule has 28 heavy (non-hydrogen) atoms. The second kappa shape index (κ2) is 7.75. The highest BCUT2D eigenvalue weighted by molar-refractivity contribution is 6.39. The quantitative estimate of drug-likeness (QED) is 0.681. The van der Waals surface area contributed by atoms with Gasteiger partial charge in [0.2, 0.25) is 0 Å². The van der Waals surface area contributed by atoms with Crippen molar-refractivity contribution in [2.24, 2.45) is 5.16 Å². The molecule has 1 aliphatic heterocycles. The van der Waals surface area contributed by atoms with Crippen molar-refractivity contribution in [1.82, 2.24) is 16.0 Å². The third-order valence-corrected chi connectivity index (χ3v) is 4.19. The molecule has 1 aliphatic rings. The van der Waals surface area contributed by atoms with Crippen LogP contribution in [-0.2, 0) is 9.63 Å². The summed E-state index contributed by atoms with van der Waals surface area (Å²) in [4.78, 5) is 29.7. The van der Waals surface area contributed by atoms with Crippen molar-refractivity contribution >= 4 is 17.5 Å². The summed E-state index contributed by atoms with van der Waals surface area (Å²) in [5, 5.41) is 7.53. The smallest absolute Gasteiger partial charge is 0.291 e. The highest BCUT2D eigenvalue weighted by Crippen LogP contribution is 2.26. The Morgan fingerprint density at radius 3 is 2.36 bits per heavy atom. The molecule has 0 bridgehead atoms. The molecule has 0 saturated heterocycles. The number of rotatable bonds is 4. The fourth-order valence-electron chi connectivity index (χ4n) is 2.73. The van der Waals surface area contributed by atoms with Gasteiger partial charge in [0.15, 0.2) is 23.3 Å². The Labute approximate surface area is 160 Å². The first-order valence-electron chi connectivity index (χ1n) is 8.61. The van der Waals surface area contributed by atoms with E-state index in [2.05, 4.69) is 21.2 Å². The Balaban J connectivity index is 1.32. The third-order valence-electron chi connectivity index (χ3n) is 4.19. The van der Waals surface area contributed by atoms with Crippen molar-refractivity contribution < 1.29 is 18.9 Å². The molecule has 0 fully saturated rings. The molecular formula is C20H16N4O4. The van der Waals surface area contributed by atoms with Gasteiger partial charge in [0.1, 0.15) is 0 Å². The summed E-state index contributed by atoms with van der Waals surface area (Å²) in [6.45, 7) is 0. The number of nitrogens with zero attached hydrogens (tertiary/aromatic N) is 2. The van der Waals surface area contributed by atoms with Crippen LogP contribution in [0.4, 0.5) is 0 Å². The molecule has 0 radical (unpaired) electrons. The molecule has 8 nitrogen and oxygen atoms in total. The summed E-state index contributed by atoms with van der Waals surface area (Å²) in [5.74, 6) is -0.687. The van der Waals surface area contributed by atoms with Crippen LogP contribution in [0.3, 0.4) is 0 Å². The number of hydrogen-bond donors (Lipinski definition) is 2. The van der Waals surface area contributed by atoms with Crippen LogP contribution >= 0.6 is 0 Å². The van der Waals surface area contributed by atoms with Gasteiger partial charge in [-0.05, 0) is 5.56 Å². The zero-order chi connectivity index (χ0) is 19.3. The van der Waals surface area contributed by atoms with Crippen molar-refractivity contribution in [3.8, 4) is 11.3 Å². The maximum Gasteiger partial charge on any atom is 0.291 e. The minimum Gasteiger partial charge on any atom is -0.387 e. The molecule has 3 aromatic rings. The zero-order valence-electron chi connectivity index (χ0n) is 14.7. The third kappa shape index (κ3) is 3.75. The number of hydrogen-bond acceptors (Lipinski definition) is 6. The van der Waals surface area contributed by atoms with Crippen LogP contribution < -0.4 is 10.9 Å². The number of carbonyl (C=O) groups is 2. The number of amides is 2. The molecule has 2 aromatic carbocycles. The molecule has 2 heterocycles. The SMILES string of the molecule is O=C(NNC(=O)c1cc(-c2ccccc2)on1)C1=NOC(c2ccccc2)C1. The fraction of sp³-hybridized carbons (Fsp3) is 0.100. The molecule has 0 aliphatic carbocycles. The van der Waals surface area contributed by atoms with E-state index in [1.165, 1.54) is 6.07 Å². The monoisotopic (exact) mass is 376 g/mol. The summed E-state index contributed by atoms with van der Waals surface area (Å²) in [7, 11) is 0. The molecule has 1 unspecified atom stereocenters. The van der Waals surface area contributed by atoms with Crippen LogP contribution in [0.5, 0.6) is 0 Å². The summed E-state index contributed by atoms with van der Waals surface area (Å²) < 4.78 is 5.17. The first-order valence-corrected chi connectivity index (χ1v) is 8.61. The normalized spacial score (nSPS) is 15.4. The van der Waals surface area contributed by atoms with Crippen molar-refractivity contribution in [3.63, 3.8) is 0 Å². The first-order chi connectivity index (χ1) is 13.7. The maximum absolute atomic E-state index is 12.2. The summed E-state index contributed by atoms with van der Waals surface area (Å²) in [6, 6.07) is 20.2. The van der Waals surface area contributed by atoms with Crippen LogP contribution in [-0.4, -0.2) is 22.7 Å². The molecule has 2 N–H and O–H groups in total. The van der Waals surface area contributed by atoms with Gasteiger partial charge in [-0.25, -0.2) is 0 Å². The molecule has 4 rings (SSSR count). The largest absolute Gasteiger partial charge is 0.387 e. The van der Waals surface area contributed by atoms with Crippen molar-refractivity contribution in [2.45, 2.75) is 12.5 Å². The molecule has 1 atom stereocenters. The number of aromatic nitrogens is 1. The van der Waals surface area contributed by atoms with Crippen LogP contribution in [0.15, 0.2) is 76.4 Å². The van der Waals surface area contributed by atoms with Gasteiger partial charge in [-0.15, -0.1) is 0 Å². The Bertz CT molecular complexity index is 1010. The Morgan fingerprint density at radius 2 is 1.61 bits per heavy atom. The lowest BCUT2D eigenvalue weighted by molar-refractivity contribution is -0.115. The van der Waals surface area contributed by atoms with E-state index in [9.17, 15) is 9.59 Å². The number of benzene rings is 2. The van der Waals surface area contributed by atoms with E-state index in [0.717, 1.165) is 11.1 Å². The molecular weight excluding hydrogens is 360 g/mol. The van der Waals surface area contributed by atoms with Crippen molar-refractivity contribution in [1.29, 1.82) is 0 Å². The Hall–Kier alpha value is -3.94. The van der Waals surface area contributed by atoms with Gasteiger partial charge in [0.25, 0.3) is 11.8 Å². The van der Waals surface area contributed by atoms with E-state index in [1.807, 2.05) is 60.7 Å². The lowest BCUT2D eigenvalue weighted by atomic mass is 10.0. The Kier molecular flexibility index (Phi) is 4.83. The molecule has 1 aromatic heterocycles. The van der Waals surface area contributed by atoms with Crippen LogP contribution in [0.2, 0.25) is 0 Å². The predicted octanol–water partition coefficient (Wildman–Crippen LogP) is 2.62. The van der Waals surface area contributed by atoms with Crippen LogP contribution in [0, 0.1) is 0 Å². The summed E-state index contributed by atoms with van der Waals surface area (Å²) >= 11 is 0. The van der Waals surface area contributed by atoms with Gasteiger partial charge in [0.05, 0.1) is 0 Å². The number of nitrogens with one attached hydrogen (secondary N) is 2. The van der Waals surface area contributed by atoms with E-state index >= 15 is 0 Å². The van der Waals surface area contributed by atoms with Gasteiger partial charge in [-0.1, -0.05) is 71.0 Å². The lowest BCUT2D eigenvalue weighted by Crippen LogP contribution is -2.44. The van der Waals surface area contributed by atoms with Crippen molar-refractivity contribution in [3.05, 3.63) is 78.0 Å². The van der Waals surface area contributed by atoms with Crippen LogP contribution in [0.25, 0.3) is 11.3 Å². The number of oxime groups is 1. The van der Waals surface area contributed by atoms with E-state index in [0.29, 0.717) is 12.2 Å². The molecule has 0 saturated carbocycles. The maximum atomic E-state index is 12.2. The van der Waals surface area contributed by atoms with Gasteiger partial charge < -0.3 is 9.36 Å². The second-order valence-corrected chi connectivity index (χ2v) is 6.10. The summed E-state index contributed by atoms with van der Waals surface area (Å²) in [5.41, 5.74) is 6.57. The fourth-order valence-corrected chi connectivity index (χ4v) is 2.73. The van der Waals surface area contributed by atoms with Crippen molar-refractivity contribution in [2.75, 3.05) is 0 Å². The minimum atomic E-state index is -0.599. The number of hydrazine groups is 1. The highest BCUT2D eigenvalue weighted by atomic mass is 16.6. The van der Waals surface area contributed by atoms with E-state index in [4.69, 9.17) is 9.36 Å². The number of carbonyl (C=O) groups excluding carboxylic acids is 2. The average Bonchev–Trinajstić information content (AvgIpc) is 3.43. The molecule has 140 valence electrons. The van der Waals surface area contributed by atoms with Gasteiger partial charge >= 0.3 is 0 Å². The summed E-state index contributed by atoms with van der Waals surface area (Å²) in [6.07, 6.45) is -0.00462. The predicted molar refractivity (Wildman–Crippen MR) is 99.9 cm³/mol. The highest BCUT2D eigenvalue weighted by Gasteiger charge is 2.27. The zero-order valence-corrected chi connectivity index (χ0v) is 14.7. The van der Waals surface area contributed by atoms with E-state index in [1.54, 1.807) is 0 Å². The Morgan fingerprint density at radius 1 is 0.929 bits per heavy atom. The lowest BCUT2D eigenvalue weighted by Gasteiger charge is -2.07.